The number of halogens is 6. The molecule has 4 unspecified atom stereocenters. The molecule has 4 atom stereocenters. The van der Waals surface area contributed by atoms with Crippen LogP contribution in [-0.4, -0.2) is 88.2 Å². The minimum Gasteiger partial charge on any atom is -0.461 e. The SMILES string of the molecule is C=CC(=O)N1CC(C)C(N(C)c2nc(OCC34CCCN3CC(F)C4)nc3c(F)c(-c4ccc(F)c5sc(N)nc45)c(C(F)(F)F)cc23)C1. The van der Waals surface area contributed by atoms with Gasteiger partial charge in [-0.1, -0.05) is 24.8 Å². The van der Waals surface area contributed by atoms with Crippen molar-refractivity contribution in [1.29, 1.82) is 0 Å². The summed E-state index contributed by atoms with van der Waals surface area (Å²) in [7, 11) is 1.61. The molecule has 0 bridgehead atoms. The van der Waals surface area contributed by atoms with Crippen molar-refractivity contribution in [3.8, 4) is 17.1 Å². The number of hydrogen-bond acceptors (Lipinski definition) is 9. The number of nitrogens with two attached hydrogens (primary N) is 1. The molecular formula is C33H33F6N7O2S. The molecule has 7 rings (SSSR count). The minimum atomic E-state index is -5.07. The van der Waals surface area contributed by atoms with Crippen LogP contribution in [0.25, 0.3) is 32.2 Å². The number of nitrogen functional groups attached to an aromatic ring is 1. The Hall–Kier alpha value is -4.18. The third kappa shape index (κ3) is 5.62. The molecule has 1 amide bonds. The highest BCUT2D eigenvalue weighted by Crippen LogP contribution is 2.47. The largest absolute Gasteiger partial charge is 0.461 e. The standard InChI is InChI=1S/C33H33F6N7O2S/c1-4-23(47)45-12-16(2)22(14-45)44(3)29-19-10-20(33(37,38)39)24(18-6-7-21(35)28-27(18)41-30(40)49-28)25(36)26(19)42-31(43-29)48-15-32-8-5-9-46(32)13-17(34)11-32/h4,6-7,10,16-17,22H,1,5,8-9,11-15H2,2-3H3,(H2,40,41). The van der Waals surface area contributed by atoms with Crippen LogP contribution in [0.4, 0.5) is 37.3 Å². The van der Waals surface area contributed by atoms with Crippen molar-refractivity contribution >= 4 is 49.3 Å². The van der Waals surface area contributed by atoms with E-state index in [0.29, 0.717) is 19.5 Å². The molecule has 0 radical (unpaired) electrons. The van der Waals surface area contributed by atoms with Crippen molar-refractivity contribution in [3.05, 3.63) is 48.1 Å². The number of likely N-dealkylation sites (N-methyl/N-ethyl adjacent to an activating group) is 1. The molecule has 16 heteroatoms. The maximum Gasteiger partial charge on any atom is 0.417 e. The predicted octanol–water partition coefficient (Wildman–Crippen LogP) is 6.21. The molecule has 2 N–H and O–H groups in total. The molecule has 4 aromatic rings. The quantitative estimate of drug-likeness (QED) is 0.179. The van der Waals surface area contributed by atoms with Crippen LogP contribution in [0.15, 0.2) is 30.9 Å². The van der Waals surface area contributed by atoms with Crippen LogP contribution in [0.5, 0.6) is 6.01 Å². The maximum atomic E-state index is 16.9. The number of anilines is 2. The summed E-state index contributed by atoms with van der Waals surface area (Å²) in [4.78, 5) is 30.5. The van der Waals surface area contributed by atoms with Gasteiger partial charge < -0.3 is 20.3 Å². The van der Waals surface area contributed by atoms with Crippen LogP contribution in [0.3, 0.4) is 0 Å². The number of amides is 1. The van der Waals surface area contributed by atoms with Crippen molar-refractivity contribution in [1.82, 2.24) is 24.8 Å². The number of carbonyl (C=O) groups is 1. The maximum absolute atomic E-state index is 16.9. The van der Waals surface area contributed by atoms with Gasteiger partial charge in [-0.3, -0.25) is 9.69 Å². The molecule has 3 saturated heterocycles. The molecule has 0 aliphatic carbocycles. The lowest BCUT2D eigenvalue weighted by Crippen LogP contribution is -2.43. The van der Waals surface area contributed by atoms with Crippen molar-refractivity contribution in [2.75, 3.05) is 50.5 Å². The number of hydrogen-bond donors (Lipinski definition) is 1. The van der Waals surface area contributed by atoms with E-state index in [1.807, 2.05) is 11.8 Å². The normalized spacial score (nSPS) is 24.2. The zero-order chi connectivity index (χ0) is 35.0. The number of nitrogens with zero attached hydrogens (tertiary/aromatic N) is 6. The summed E-state index contributed by atoms with van der Waals surface area (Å²) >= 11 is 0.734. The highest BCUT2D eigenvalue weighted by Gasteiger charge is 2.49. The van der Waals surface area contributed by atoms with Gasteiger partial charge in [0.2, 0.25) is 5.91 Å². The summed E-state index contributed by atoms with van der Waals surface area (Å²) in [6.07, 6.45) is -3.17. The molecule has 0 spiro atoms. The molecule has 2 aromatic carbocycles. The summed E-state index contributed by atoms with van der Waals surface area (Å²) < 4.78 is 96.7. The van der Waals surface area contributed by atoms with E-state index in [-0.39, 0.29) is 76.1 Å². The Morgan fingerprint density at radius 1 is 1.20 bits per heavy atom. The van der Waals surface area contributed by atoms with Crippen LogP contribution in [-0.2, 0) is 11.0 Å². The van der Waals surface area contributed by atoms with Gasteiger partial charge >= 0.3 is 12.2 Å². The number of rotatable bonds is 7. The number of thiazole rings is 1. The van der Waals surface area contributed by atoms with Crippen molar-refractivity contribution in [2.24, 2.45) is 5.92 Å². The number of carbonyl (C=O) groups excluding carboxylic acids is 1. The molecule has 0 saturated carbocycles. The fourth-order valence-corrected chi connectivity index (χ4v) is 8.54. The molecule has 49 heavy (non-hydrogen) atoms. The first-order chi connectivity index (χ1) is 23.2. The van der Waals surface area contributed by atoms with Gasteiger partial charge in [-0.15, -0.1) is 0 Å². The van der Waals surface area contributed by atoms with E-state index in [9.17, 15) is 26.7 Å². The average molecular weight is 706 g/mol. The van der Waals surface area contributed by atoms with Crippen molar-refractivity contribution in [2.45, 2.75) is 50.1 Å². The number of ether oxygens (including phenoxy) is 1. The highest BCUT2D eigenvalue weighted by atomic mass is 32.1. The predicted molar refractivity (Wildman–Crippen MR) is 174 cm³/mol. The van der Waals surface area contributed by atoms with Gasteiger partial charge in [-0.2, -0.15) is 23.1 Å². The van der Waals surface area contributed by atoms with E-state index in [4.69, 9.17) is 10.5 Å². The average Bonchev–Trinajstić information content (AvgIpc) is 3.81. The monoisotopic (exact) mass is 705 g/mol. The molecule has 2 aromatic heterocycles. The molecule has 260 valence electrons. The number of aromatic nitrogens is 3. The van der Waals surface area contributed by atoms with Crippen molar-refractivity contribution in [3.63, 3.8) is 0 Å². The minimum absolute atomic E-state index is 0.00464. The Labute approximate surface area is 281 Å². The molecular weight excluding hydrogens is 672 g/mol. The van der Waals surface area contributed by atoms with Gasteiger partial charge in [0, 0.05) is 49.6 Å². The Kier molecular flexibility index (Phi) is 8.16. The Balaban J connectivity index is 1.42. The second kappa shape index (κ2) is 12.0. The molecule has 3 aliphatic rings. The zero-order valence-electron chi connectivity index (χ0n) is 26.7. The topological polar surface area (TPSA) is 101 Å². The molecule has 5 heterocycles. The number of likely N-dealkylation sites (tertiary alicyclic amines) is 1. The fraction of sp³-hybridized carbons (Fsp3) is 0.455. The summed E-state index contributed by atoms with van der Waals surface area (Å²) in [5.41, 5.74) is 1.98. The Morgan fingerprint density at radius 3 is 2.71 bits per heavy atom. The Bertz CT molecular complexity index is 1990. The first-order valence-electron chi connectivity index (χ1n) is 15.8. The van der Waals surface area contributed by atoms with Crippen LogP contribution in [0.1, 0.15) is 31.7 Å². The van der Waals surface area contributed by atoms with Crippen LogP contribution in [0, 0.1) is 17.6 Å². The molecule has 3 aliphatic heterocycles. The summed E-state index contributed by atoms with van der Waals surface area (Å²) in [6, 6.07) is 2.04. The Morgan fingerprint density at radius 2 is 1.98 bits per heavy atom. The highest BCUT2D eigenvalue weighted by molar-refractivity contribution is 7.22. The van der Waals surface area contributed by atoms with Crippen LogP contribution in [0.2, 0.25) is 0 Å². The van der Waals surface area contributed by atoms with E-state index in [1.54, 1.807) is 16.8 Å². The van der Waals surface area contributed by atoms with E-state index >= 15 is 4.39 Å². The summed E-state index contributed by atoms with van der Waals surface area (Å²) in [5.74, 6) is -2.59. The second-order valence-electron chi connectivity index (χ2n) is 13.1. The third-order valence-corrected chi connectivity index (χ3v) is 11.0. The van der Waals surface area contributed by atoms with E-state index in [0.717, 1.165) is 36.0 Å². The zero-order valence-corrected chi connectivity index (χ0v) is 27.5. The van der Waals surface area contributed by atoms with Gasteiger partial charge in [-0.05, 0) is 49.6 Å². The summed E-state index contributed by atoms with van der Waals surface area (Å²) in [5, 5.41) is -0.346. The van der Waals surface area contributed by atoms with E-state index in [1.165, 1.54) is 6.08 Å². The second-order valence-corrected chi connectivity index (χ2v) is 14.2. The first-order valence-corrected chi connectivity index (χ1v) is 16.6. The van der Waals surface area contributed by atoms with Gasteiger partial charge in [0.25, 0.3) is 0 Å². The van der Waals surface area contributed by atoms with Crippen LogP contribution >= 0.6 is 11.3 Å². The lowest BCUT2D eigenvalue weighted by Gasteiger charge is -2.32. The van der Waals surface area contributed by atoms with Crippen molar-refractivity contribution < 1.29 is 35.9 Å². The fourth-order valence-electron chi connectivity index (χ4n) is 7.77. The molecule has 3 fully saturated rings. The lowest BCUT2D eigenvalue weighted by molar-refractivity contribution is -0.137. The van der Waals surface area contributed by atoms with E-state index in [2.05, 4.69) is 21.5 Å². The lowest BCUT2D eigenvalue weighted by atomic mass is 9.94. The van der Waals surface area contributed by atoms with Gasteiger partial charge in [0.05, 0.1) is 27.4 Å². The van der Waals surface area contributed by atoms with Gasteiger partial charge in [0.1, 0.15) is 29.9 Å². The van der Waals surface area contributed by atoms with Gasteiger partial charge in [0.15, 0.2) is 10.9 Å². The smallest absolute Gasteiger partial charge is 0.417 e. The number of benzene rings is 2. The van der Waals surface area contributed by atoms with Gasteiger partial charge in [-0.25, -0.2) is 18.2 Å². The number of fused-ring (bicyclic) bond motifs is 3. The van der Waals surface area contributed by atoms with Crippen LogP contribution < -0.4 is 15.4 Å². The number of alkyl halides is 4. The molecule has 9 nitrogen and oxygen atoms in total. The summed E-state index contributed by atoms with van der Waals surface area (Å²) in [6.45, 7) is 6.96. The van der Waals surface area contributed by atoms with E-state index < -0.39 is 52.2 Å². The first kappa shape index (κ1) is 33.3. The third-order valence-electron chi connectivity index (χ3n) is 10.1.